The SMILES string of the molecule is NC(COCC1CCOCC1)C(=O)O. The van der Waals surface area contributed by atoms with E-state index < -0.39 is 12.0 Å². The molecule has 5 nitrogen and oxygen atoms in total. The Labute approximate surface area is 83.2 Å². The predicted octanol–water partition coefficient (Wildman–Crippen LogP) is -0.159. The van der Waals surface area contributed by atoms with Gasteiger partial charge in [0.25, 0.3) is 0 Å². The summed E-state index contributed by atoms with van der Waals surface area (Å²) in [6.07, 6.45) is 1.98. The lowest BCUT2D eigenvalue weighted by atomic mass is 10.0. The zero-order valence-electron chi connectivity index (χ0n) is 8.15. The van der Waals surface area contributed by atoms with E-state index in [1.54, 1.807) is 0 Å². The lowest BCUT2D eigenvalue weighted by molar-refractivity contribution is -0.140. The molecule has 1 saturated heterocycles. The molecule has 14 heavy (non-hydrogen) atoms. The Kier molecular flexibility index (Phi) is 4.86. The highest BCUT2D eigenvalue weighted by atomic mass is 16.5. The van der Waals surface area contributed by atoms with Gasteiger partial charge in [0, 0.05) is 19.8 Å². The zero-order valence-corrected chi connectivity index (χ0v) is 8.15. The number of rotatable bonds is 5. The maximum absolute atomic E-state index is 10.4. The maximum atomic E-state index is 10.4. The highest BCUT2D eigenvalue weighted by Crippen LogP contribution is 2.14. The molecule has 1 heterocycles. The molecule has 1 unspecified atom stereocenters. The summed E-state index contributed by atoms with van der Waals surface area (Å²) in [5.41, 5.74) is 5.28. The molecule has 0 aromatic rings. The molecule has 0 spiro atoms. The van der Waals surface area contributed by atoms with Crippen LogP contribution in [-0.4, -0.2) is 43.5 Å². The van der Waals surface area contributed by atoms with Crippen molar-refractivity contribution >= 4 is 5.97 Å². The Morgan fingerprint density at radius 2 is 2.21 bits per heavy atom. The van der Waals surface area contributed by atoms with Crippen molar-refractivity contribution in [2.24, 2.45) is 11.7 Å². The second kappa shape index (κ2) is 5.95. The van der Waals surface area contributed by atoms with Crippen LogP contribution in [0.25, 0.3) is 0 Å². The highest BCUT2D eigenvalue weighted by molar-refractivity contribution is 5.73. The van der Waals surface area contributed by atoms with Crippen LogP contribution in [0, 0.1) is 5.92 Å². The summed E-state index contributed by atoms with van der Waals surface area (Å²) in [5.74, 6) is -0.526. The summed E-state index contributed by atoms with van der Waals surface area (Å²) in [4.78, 5) is 10.4. The van der Waals surface area contributed by atoms with E-state index in [4.69, 9.17) is 20.3 Å². The Balaban J connectivity index is 2.05. The molecule has 1 rings (SSSR count). The second-order valence-corrected chi connectivity index (χ2v) is 3.54. The lowest BCUT2D eigenvalue weighted by Gasteiger charge is -2.22. The molecule has 0 radical (unpaired) electrons. The zero-order chi connectivity index (χ0) is 10.4. The molecule has 1 aliphatic rings. The van der Waals surface area contributed by atoms with E-state index in [0.717, 1.165) is 26.1 Å². The van der Waals surface area contributed by atoms with Gasteiger partial charge in [-0.3, -0.25) is 4.79 Å². The Bertz CT molecular complexity index is 180. The van der Waals surface area contributed by atoms with Gasteiger partial charge < -0.3 is 20.3 Å². The molecule has 1 fully saturated rings. The van der Waals surface area contributed by atoms with Gasteiger partial charge in [0.15, 0.2) is 0 Å². The van der Waals surface area contributed by atoms with E-state index in [1.807, 2.05) is 0 Å². The minimum atomic E-state index is -1.02. The van der Waals surface area contributed by atoms with E-state index in [-0.39, 0.29) is 6.61 Å². The Hall–Kier alpha value is -0.650. The van der Waals surface area contributed by atoms with Crippen LogP contribution in [0.5, 0.6) is 0 Å². The summed E-state index contributed by atoms with van der Waals surface area (Å²) >= 11 is 0. The normalized spacial score (nSPS) is 20.6. The van der Waals surface area contributed by atoms with E-state index in [0.29, 0.717) is 12.5 Å². The average molecular weight is 203 g/mol. The number of carbonyl (C=O) groups is 1. The van der Waals surface area contributed by atoms with Crippen LogP contribution in [0.4, 0.5) is 0 Å². The second-order valence-electron chi connectivity index (χ2n) is 3.54. The first-order chi connectivity index (χ1) is 6.70. The topological polar surface area (TPSA) is 81.8 Å². The van der Waals surface area contributed by atoms with Crippen molar-refractivity contribution in [3.05, 3.63) is 0 Å². The van der Waals surface area contributed by atoms with Gasteiger partial charge in [-0.25, -0.2) is 0 Å². The minimum absolute atomic E-state index is 0.0900. The van der Waals surface area contributed by atoms with Crippen LogP contribution in [0.1, 0.15) is 12.8 Å². The number of nitrogens with two attached hydrogens (primary N) is 1. The predicted molar refractivity (Wildman–Crippen MR) is 50.0 cm³/mol. The van der Waals surface area contributed by atoms with E-state index in [9.17, 15) is 4.79 Å². The van der Waals surface area contributed by atoms with Gasteiger partial charge in [-0.1, -0.05) is 0 Å². The first kappa shape index (κ1) is 11.4. The highest BCUT2D eigenvalue weighted by Gasteiger charge is 2.16. The fourth-order valence-corrected chi connectivity index (χ4v) is 1.35. The Morgan fingerprint density at radius 1 is 1.57 bits per heavy atom. The molecule has 3 N–H and O–H groups in total. The third kappa shape index (κ3) is 4.04. The summed E-state index contributed by atoms with van der Waals surface area (Å²) in [5, 5.41) is 8.49. The molecular formula is C9H17NO4. The number of aliphatic carboxylic acids is 1. The number of ether oxygens (including phenoxy) is 2. The third-order valence-electron chi connectivity index (χ3n) is 2.31. The first-order valence-electron chi connectivity index (χ1n) is 4.84. The largest absolute Gasteiger partial charge is 0.480 e. The number of hydrogen-bond donors (Lipinski definition) is 2. The molecule has 0 bridgehead atoms. The molecule has 82 valence electrons. The van der Waals surface area contributed by atoms with Crippen molar-refractivity contribution < 1.29 is 19.4 Å². The van der Waals surface area contributed by atoms with Crippen molar-refractivity contribution in [2.45, 2.75) is 18.9 Å². The van der Waals surface area contributed by atoms with Gasteiger partial charge in [0.1, 0.15) is 6.04 Å². The van der Waals surface area contributed by atoms with E-state index in [2.05, 4.69) is 0 Å². The number of hydrogen-bond acceptors (Lipinski definition) is 4. The van der Waals surface area contributed by atoms with Crippen molar-refractivity contribution in [1.82, 2.24) is 0 Å². The fourth-order valence-electron chi connectivity index (χ4n) is 1.35. The number of carboxylic acids is 1. The van der Waals surface area contributed by atoms with Crippen LogP contribution in [0.2, 0.25) is 0 Å². The molecule has 0 saturated carbocycles. The van der Waals surface area contributed by atoms with E-state index >= 15 is 0 Å². The van der Waals surface area contributed by atoms with Crippen molar-refractivity contribution in [2.75, 3.05) is 26.4 Å². The monoisotopic (exact) mass is 203 g/mol. The van der Waals surface area contributed by atoms with Crippen LogP contribution < -0.4 is 5.73 Å². The van der Waals surface area contributed by atoms with Crippen molar-refractivity contribution in [1.29, 1.82) is 0 Å². The quantitative estimate of drug-likeness (QED) is 0.649. The molecule has 0 aromatic heterocycles. The summed E-state index contributed by atoms with van der Waals surface area (Å²) < 4.78 is 10.4. The van der Waals surface area contributed by atoms with Gasteiger partial charge >= 0.3 is 5.97 Å². The lowest BCUT2D eigenvalue weighted by Crippen LogP contribution is -2.35. The van der Waals surface area contributed by atoms with Crippen LogP contribution in [-0.2, 0) is 14.3 Å². The van der Waals surface area contributed by atoms with Gasteiger partial charge in [0.05, 0.1) is 6.61 Å². The summed E-state index contributed by atoms with van der Waals surface area (Å²) in [6.45, 7) is 2.23. The van der Waals surface area contributed by atoms with Crippen LogP contribution >= 0.6 is 0 Å². The van der Waals surface area contributed by atoms with Crippen LogP contribution in [0.3, 0.4) is 0 Å². The molecule has 0 aliphatic carbocycles. The first-order valence-corrected chi connectivity index (χ1v) is 4.84. The van der Waals surface area contributed by atoms with E-state index in [1.165, 1.54) is 0 Å². The molecule has 5 heteroatoms. The number of carboxylic acid groups (broad SMARTS) is 1. The summed E-state index contributed by atoms with van der Waals surface area (Å²) in [7, 11) is 0. The molecule has 0 aromatic carbocycles. The Morgan fingerprint density at radius 3 is 2.79 bits per heavy atom. The van der Waals surface area contributed by atoms with Crippen molar-refractivity contribution in [3.63, 3.8) is 0 Å². The van der Waals surface area contributed by atoms with Gasteiger partial charge in [-0.2, -0.15) is 0 Å². The fraction of sp³-hybridized carbons (Fsp3) is 0.889. The molecular weight excluding hydrogens is 186 g/mol. The van der Waals surface area contributed by atoms with Crippen LogP contribution in [0.15, 0.2) is 0 Å². The van der Waals surface area contributed by atoms with Gasteiger partial charge in [-0.05, 0) is 18.8 Å². The standard InChI is InChI=1S/C9H17NO4/c10-8(9(11)12)6-14-5-7-1-3-13-4-2-7/h7-8H,1-6,10H2,(H,11,12). The molecule has 1 aliphatic heterocycles. The average Bonchev–Trinajstić information content (AvgIpc) is 2.19. The smallest absolute Gasteiger partial charge is 0.322 e. The molecule has 1 atom stereocenters. The summed E-state index contributed by atoms with van der Waals surface area (Å²) in [6, 6.07) is -0.908. The van der Waals surface area contributed by atoms with Gasteiger partial charge in [-0.15, -0.1) is 0 Å². The van der Waals surface area contributed by atoms with Gasteiger partial charge in [0.2, 0.25) is 0 Å². The minimum Gasteiger partial charge on any atom is -0.480 e. The van der Waals surface area contributed by atoms with Crippen molar-refractivity contribution in [3.8, 4) is 0 Å². The third-order valence-corrected chi connectivity index (χ3v) is 2.31. The molecule has 0 amide bonds. The maximum Gasteiger partial charge on any atom is 0.322 e.